The summed E-state index contributed by atoms with van der Waals surface area (Å²) in [4.78, 5) is 24.2. The number of carbonyl (C=O) groups excluding carboxylic acids is 1. The minimum Gasteiger partial charge on any atom is -0.478 e. The van der Waals surface area contributed by atoms with Gasteiger partial charge in [-0.3, -0.25) is 4.79 Å². The van der Waals surface area contributed by atoms with E-state index in [4.69, 9.17) is 5.10 Å². The van der Waals surface area contributed by atoms with E-state index < -0.39 is 11.6 Å². The van der Waals surface area contributed by atoms with Crippen LogP contribution in [0.2, 0.25) is 0 Å². The van der Waals surface area contributed by atoms with Crippen LogP contribution in [-0.2, 0) is 4.79 Å². The number of Topliss-reactive ketones (excluding diaryl/α,β-unsaturated/α-hetero) is 1. The van der Waals surface area contributed by atoms with E-state index in [1.807, 2.05) is 19.3 Å². The summed E-state index contributed by atoms with van der Waals surface area (Å²) in [7, 11) is 2.04. The molecule has 5 aliphatic rings. The monoisotopic (exact) mass is 503 g/mol. The summed E-state index contributed by atoms with van der Waals surface area (Å²) in [5, 5.41) is 26.0. The first-order valence-corrected chi connectivity index (χ1v) is 13.8. The number of hydrogen-bond acceptors (Lipinski definition) is 4. The molecule has 4 aliphatic carbocycles. The number of allylic oxidation sites excluding steroid dienone is 3. The van der Waals surface area contributed by atoms with Crippen LogP contribution in [0.1, 0.15) is 76.6 Å². The van der Waals surface area contributed by atoms with Gasteiger partial charge in [-0.25, -0.2) is 4.79 Å². The number of ketones is 1. The van der Waals surface area contributed by atoms with Crippen molar-refractivity contribution in [3.05, 3.63) is 52.7 Å². The van der Waals surface area contributed by atoms with E-state index in [-0.39, 0.29) is 26.8 Å². The fourth-order valence-electron chi connectivity index (χ4n) is 9.46. The summed E-state index contributed by atoms with van der Waals surface area (Å²) < 4.78 is 0.239. The number of carboxylic acids is 1. The molecule has 6 heteroatoms. The van der Waals surface area contributed by atoms with Gasteiger partial charge in [-0.2, -0.15) is 0 Å². The summed E-state index contributed by atoms with van der Waals surface area (Å²) in [6.07, 6.45) is 9.84. The van der Waals surface area contributed by atoms with Gasteiger partial charge in [-0.05, 0) is 80.6 Å². The molecule has 3 saturated carbocycles. The third-order valence-corrected chi connectivity index (χ3v) is 11.5. The number of carboxylic acid groups (broad SMARTS) is 1. The predicted octanol–water partition coefficient (Wildman–Crippen LogP) is 5.71. The van der Waals surface area contributed by atoms with Crippen LogP contribution in [0.15, 0.2) is 52.3 Å². The number of carbonyl (C=O) groups is 2. The minimum absolute atomic E-state index is 0.0174. The van der Waals surface area contributed by atoms with Gasteiger partial charge >= 0.3 is 5.97 Å². The van der Waals surface area contributed by atoms with Crippen molar-refractivity contribution < 1.29 is 19.8 Å². The number of aromatic carboxylic acids is 1. The molecular formula is C31H39N2O4+. The normalized spacial score (nSPS) is 44.0. The van der Waals surface area contributed by atoms with Crippen molar-refractivity contribution in [3.8, 4) is 0 Å². The Labute approximate surface area is 219 Å². The third kappa shape index (κ3) is 3.09. The summed E-state index contributed by atoms with van der Waals surface area (Å²) >= 11 is 0. The van der Waals surface area contributed by atoms with Crippen LogP contribution in [0.4, 0.5) is 5.69 Å². The maximum Gasteiger partial charge on any atom is 0.335 e. The predicted molar refractivity (Wildman–Crippen MR) is 144 cm³/mol. The lowest BCUT2D eigenvalue weighted by Gasteiger charge is -2.60. The van der Waals surface area contributed by atoms with Gasteiger partial charge in [-0.15, -0.1) is 4.59 Å². The summed E-state index contributed by atoms with van der Waals surface area (Å²) in [5.41, 5.74) is 3.49. The van der Waals surface area contributed by atoms with Gasteiger partial charge in [0.05, 0.1) is 11.8 Å². The van der Waals surface area contributed by atoms with Crippen LogP contribution in [0.25, 0.3) is 0 Å². The Morgan fingerprint density at radius 3 is 2.57 bits per heavy atom. The number of aliphatic hydroxyl groups is 1. The van der Waals surface area contributed by atoms with Crippen molar-refractivity contribution in [3.63, 3.8) is 0 Å². The zero-order valence-corrected chi connectivity index (χ0v) is 22.6. The Bertz CT molecular complexity index is 1310. The minimum atomic E-state index is -1.19. The molecule has 1 aromatic carbocycles. The van der Waals surface area contributed by atoms with Crippen LogP contribution in [0.3, 0.4) is 0 Å². The Morgan fingerprint density at radius 2 is 1.86 bits per heavy atom. The van der Waals surface area contributed by atoms with Gasteiger partial charge in [0.2, 0.25) is 0 Å². The molecule has 3 fully saturated rings. The number of quaternary nitrogens is 1. The van der Waals surface area contributed by atoms with Crippen molar-refractivity contribution in [2.75, 3.05) is 7.05 Å². The van der Waals surface area contributed by atoms with Crippen LogP contribution in [0, 0.1) is 34.5 Å². The SMILES string of the molecule is CC(=O)[C@@]1(O)CC[C@H]2[C@@H]3C[C@H](C)C4=CC5=C(C=N[N+]5(C)c5cccc(C(=O)O)c5)C[C@]4(C)[C@H]3CC[C@@]21C. The number of nitrogens with zero attached hydrogens (tertiary/aromatic N) is 2. The second kappa shape index (κ2) is 7.73. The van der Waals surface area contributed by atoms with Crippen molar-refractivity contribution in [2.24, 2.45) is 39.6 Å². The lowest BCUT2D eigenvalue weighted by molar-refractivity contribution is -0.160. The molecule has 0 aromatic heterocycles. The quantitative estimate of drug-likeness (QED) is 0.517. The highest BCUT2D eigenvalue weighted by Gasteiger charge is 2.66. The molecule has 1 heterocycles. The summed E-state index contributed by atoms with van der Waals surface area (Å²) in [6.45, 7) is 8.53. The molecule has 0 saturated heterocycles. The Morgan fingerprint density at radius 1 is 1.14 bits per heavy atom. The Hall–Kier alpha value is -2.57. The van der Waals surface area contributed by atoms with Gasteiger partial charge in [0.15, 0.2) is 17.2 Å². The van der Waals surface area contributed by atoms with Gasteiger partial charge in [-0.1, -0.05) is 37.5 Å². The second-order valence-corrected chi connectivity index (χ2v) is 13.1. The first-order valence-electron chi connectivity index (χ1n) is 13.8. The molecule has 37 heavy (non-hydrogen) atoms. The molecule has 6 nitrogen and oxygen atoms in total. The Balaban J connectivity index is 1.37. The van der Waals surface area contributed by atoms with E-state index in [0.717, 1.165) is 43.5 Å². The molecule has 0 amide bonds. The molecule has 1 aliphatic heterocycles. The maximum atomic E-state index is 12.6. The molecule has 1 unspecified atom stereocenters. The first-order chi connectivity index (χ1) is 17.3. The molecular weight excluding hydrogens is 464 g/mol. The van der Waals surface area contributed by atoms with Crippen molar-refractivity contribution in [2.45, 2.75) is 71.8 Å². The van der Waals surface area contributed by atoms with E-state index in [9.17, 15) is 19.8 Å². The number of hydrogen-bond donors (Lipinski definition) is 2. The zero-order valence-electron chi connectivity index (χ0n) is 22.6. The number of rotatable bonds is 3. The largest absolute Gasteiger partial charge is 0.478 e. The lowest BCUT2D eigenvalue weighted by atomic mass is 9.44. The van der Waals surface area contributed by atoms with E-state index in [2.05, 4.69) is 26.8 Å². The standard InChI is InChI=1S/C31H38N2O4/c1-18-13-23-24(9-11-30(4)25(23)10-12-31(30,37)19(2)34)29(3)16-21-17-32-33(5,27(21)15-26(18)29)22-8-6-7-20(14-22)28(35)36/h6-8,14-15,17-18,23-25,37H,9-13,16H2,1-5H3/p+1/t18-,23+,24-,25-,29+,30-,31-,33?/m0/s1. The fraction of sp³-hybridized carbons (Fsp3) is 0.581. The first kappa shape index (κ1) is 24.7. The van der Waals surface area contributed by atoms with Crippen LogP contribution < -0.4 is 4.59 Å². The fourth-order valence-corrected chi connectivity index (χ4v) is 9.46. The van der Waals surface area contributed by atoms with Crippen molar-refractivity contribution in [1.82, 2.24) is 4.59 Å². The highest BCUT2D eigenvalue weighted by atomic mass is 16.4. The third-order valence-electron chi connectivity index (χ3n) is 11.5. The molecule has 1 aromatic rings. The lowest BCUT2D eigenvalue weighted by Crippen LogP contribution is -2.57. The van der Waals surface area contributed by atoms with E-state index >= 15 is 0 Å². The van der Waals surface area contributed by atoms with Gasteiger partial charge in [0.25, 0.3) is 0 Å². The molecule has 196 valence electrons. The topological polar surface area (TPSA) is 87.0 Å². The molecule has 8 atom stereocenters. The van der Waals surface area contributed by atoms with E-state index in [1.54, 1.807) is 25.1 Å². The van der Waals surface area contributed by atoms with Gasteiger partial charge < -0.3 is 10.2 Å². The molecule has 2 N–H and O–H groups in total. The second-order valence-electron chi connectivity index (χ2n) is 13.1. The zero-order chi connectivity index (χ0) is 26.5. The highest BCUT2D eigenvalue weighted by molar-refractivity contribution is 5.90. The number of benzene rings is 1. The van der Waals surface area contributed by atoms with Crippen molar-refractivity contribution >= 4 is 23.7 Å². The molecule has 0 spiro atoms. The summed E-state index contributed by atoms with van der Waals surface area (Å²) in [5.74, 6) is 0.782. The number of likely N-dealkylation sites (N-methyl/N-ethyl adjacent to an activating group) is 1. The van der Waals surface area contributed by atoms with Gasteiger partial charge in [0.1, 0.15) is 12.6 Å². The number of fused-ring (bicyclic) bond motifs is 5. The van der Waals surface area contributed by atoms with Crippen molar-refractivity contribution in [1.29, 1.82) is 0 Å². The van der Waals surface area contributed by atoms with E-state index in [0.29, 0.717) is 30.1 Å². The highest BCUT2D eigenvalue weighted by Crippen LogP contribution is 2.69. The molecule has 0 radical (unpaired) electrons. The average molecular weight is 504 g/mol. The maximum absolute atomic E-state index is 12.6. The smallest absolute Gasteiger partial charge is 0.335 e. The average Bonchev–Trinajstić information content (AvgIpc) is 3.33. The van der Waals surface area contributed by atoms with Crippen LogP contribution >= 0.6 is 0 Å². The summed E-state index contributed by atoms with van der Waals surface area (Å²) in [6, 6.07) is 7.12. The van der Waals surface area contributed by atoms with Gasteiger partial charge in [0, 0.05) is 29.2 Å². The Kier molecular flexibility index (Phi) is 5.17. The van der Waals surface area contributed by atoms with E-state index in [1.165, 1.54) is 11.1 Å². The van der Waals surface area contributed by atoms with Crippen LogP contribution in [0.5, 0.6) is 0 Å². The molecule has 6 rings (SSSR count). The van der Waals surface area contributed by atoms with Crippen LogP contribution in [-0.4, -0.2) is 40.8 Å². The molecule has 0 bridgehead atoms.